The van der Waals surface area contributed by atoms with Crippen molar-refractivity contribution in [3.05, 3.63) is 65.5 Å². The lowest BCUT2D eigenvalue weighted by molar-refractivity contribution is -0.907. The fourth-order valence-corrected chi connectivity index (χ4v) is 2.29. The highest BCUT2D eigenvalue weighted by Crippen LogP contribution is 2.12. The first-order valence-electron chi connectivity index (χ1n) is 7.41. The number of benzene rings is 2. The van der Waals surface area contributed by atoms with Gasteiger partial charge in [-0.25, -0.2) is 4.39 Å². The Morgan fingerprint density at radius 1 is 1.18 bits per heavy atom. The van der Waals surface area contributed by atoms with Gasteiger partial charge in [-0.1, -0.05) is 36.4 Å². The van der Waals surface area contributed by atoms with E-state index in [-0.39, 0.29) is 17.6 Å². The van der Waals surface area contributed by atoms with Gasteiger partial charge in [-0.15, -0.1) is 0 Å². The molecule has 2 atom stereocenters. The molecule has 2 aromatic rings. The summed E-state index contributed by atoms with van der Waals surface area (Å²) in [7, 11) is 1.97. The number of hydrogen-bond acceptors (Lipinski definition) is 1. The van der Waals surface area contributed by atoms with Gasteiger partial charge in [0.1, 0.15) is 12.4 Å². The van der Waals surface area contributed by atoms with Crippen LogP contribution in [0, 0.1) is 12.7 Å². The minimum Gasteiger partial charge on any atom is -0.324 e. The normalized spacial score (nSPS) is 13.5. The molecule has 4 heteroatoms. The van der Waals surface area contributed by atoms with Gasteiger partial charge >= 0.3 is 0 Å². The second-order valence-electron chi connectivity index (χ2n) is 5.64. The smallest absolute Gasteiger partial charge is 0.282 e. The van der Waals surface area contributed by atoms with Gasteiger partial charge in [0.2, 0.25) is 0 Å². The Balaban J connectivity index is 2.01. The summed E-state index contributed by atoms with van der Waals surface area (Å²) in [5.41, 5.74) is 2.65. The number of anilines is 1. The second-order valence-corrected chi connectivity index (χ2v) is 5.64. The first-order valence-corrected chi connectivity index (χ1v) is 7.41. The van der Waals surface area contributed by atoms with Crippen molar-refractivity contribution in [1.82, 2.24) is 0 Å². The van der Waals surface area contributed by atoms with Crippen LogP contribution in [-0.2, 0) is 11.3 Å². The number of carbonyl (C=O) groups is 1. The molecule has 0 saturated heterocycles. The van der Waals surface area contributed by atoms with Crippen LogP contribution in [0.15, 0.2) is 48.5 Å². The summed E-state index contributed by atoms with van der Waals surface area (Å²) in [5.74, 6) is -0.601. The van der Waals surface area contributed by atoms with Crippen molar-refractivity contribution in [2.24, 2.45) is 0 Å². The van der Waals surface area contributed by atoms with Crippen LogP contribution < -0.4 is 10.2 Å². The number of rotatable bonds is 5. The number of quaternary nitrogens is 1. The molecule has 22 heavy (non-hydrogen) atoms. The van der Waals surface area contributed by atoms with Gasteiger partial charge in [0.05, 0.1) is 12.7 Å². The number of carbonyl (C=O) groups excluding carboxylic acids is 1. The van der Waals surface area contributed by atoms with E-state index in [2.05, 4.69) is 24.4 Å². The first kappa shape index (κ1) is 16.2. The molecule has 2 rings (SSSR count). The van der Waals surface area contributed by atoms with E-state index < -0.39 is 5.82 Å². The van der Waals surface area contributed by atoms with Gasteiger partial charge in [-0.2, -0.15) is 0 Å². The van der Waals surface area contributed by atoms with Gasteiger partial charge in [-0.05, 0) is 31.5 Å². The molecule has 0 saturated carbocycles. The Labute approximate surface area is 130 Å². The predicted molar refractivity (Wildman–Crippen MR) is 86.3 cm³/mol. The molecule has 0 aliphatic carbocycles. The van der Waals surface area contributed by atoms with Gasteiger partial charge < -0.3 is 10.2 Å². The molecule has 0 aliphatic heterocycles. The Morgan fingerprint density at radius 2 is 1.82 bits per heavy atom. The average molecular weight is 301 g/mol. The van der Waals surface area contributed by atoms with Crippen LogP contribution in [0.25, 0.3) is 0 Å². The Morgan fingerprint density at radius 3 is 2.50 bits per heavy atom. The van der Waals surface area contributed by atoms with E-state index in [1.165, 1.54) is 17.2 Å². The first-order chi connectivity index (χ1) is 10.5. The molecule has 1 amide bonds. The molecule has 0 aliphatic rings. The van der Waals surface area contributed by atoms with E-state index in [0.29, 0.717) is 0 Å². The minimum absolute atomic E-state index is 0.184. The molecular weight excluding hydrogens is 279 g/mol. The molecule has 0 bridgehead atoms. The number of para-hydroxylation sites is 1. The number of aryl methyl sites for hydroxylation is 1. The molecule has 0 radical (unpaired) electrons. The Bertz CT molecular complexity index is 657. The highest BCUT2D eigenvalue weighted by Gasteiger charge is 2.23. The van der Waals surface area contributed by atoms with Crippen molar-refractivity contribution in [2.45, 2.75) is 26.4 Å². The summed E-state index contributed by atoms with van der Waals surface area (Å²) in [6, 6.07) is 14.1. The number of amides is 1. The van der Waals surface area contributed by atoms with Crippen LogP contribution in [0.2, 0.25) is 0 Å². The summed E-state index contributed by atoms with van der Waals surface area (Å²) < 4.78 is 13.6. The summed E-state index contributed by atoms with van der Waals surface area (Å²) in [4.78, 5) is 13.3. The molecule has 3 nitrogen and oxygen atoms in total. The maximum absolute atomic E-state index is 13.6. The number of nitrogens with one attached hydrogen (secondary N) is 2. The maximum Gasteiger partial charge on any atom is 0.282 e. The van der Waals surface area contributed by atoms with E-state index in [1.807, 2.05) is 26.1 Å². The third-order valence-corrected chi connectivity index (χ3v) is 3.99. The van der Waals surface area contributed by atoms with Gasteiger partial charge in [0, 0.05) is 5.56 Å². The fourth-order valence-electron chi connectivity index (χ4n) is 2.29. The average Bonchev–Trinajstić information content (AvgIpc) is 2.51. The van der Waals surface area contributed by atoms with E-state index >= 15 is 0 Å². The number of halogens is 1. The largest absolute Gasteiger partial charge is 0.324 e. The van der Waals surface area contributed by atoms with Crippen molar-refractivity contribution < 1.29 is 14.1 Å². The lowest BCUT2D eigenvalue weighted by Crippen LogP contribution is -3.12. The molecule has 0 aromatic heterocycles. The monoisotopic (exact) mass is 301 g/mol. The van der Waals surface area contributed by atoms with Crippen LogP contribution in [0.5, 0.6) is 0 Å². The number of hydrogen-bond donors (Lipinski definition) is 2. The van der Waals surface area contributed by atoms with Crippen molar-refractivity contribution in [3.8, 4) is 0 Å². The zero-order chi connectivity index (χ0) is 16.1. The van der Waals surface area contributed by atoms with Crippen molar-refractivity contribution in [3.63, 3.8) is 0 Å². The Hall–Kier alpha value is -2.20. The Kier molecular flexibility index (Phi) is 5.28. The number of likely N-dealkylation sites (N-methyl/N-ethyl adjacent to an activating group) is 1. The van der Waals surface area contributed by atoms with Crippen molar-refractivity contribution in [2.75, 3.05) is 12.4 Å². The van der Waals surface area contributed by atoms with Crippen LogP contribution in [0.4, 0.5) is 10.1 Å². The molecule has 0 heterocycles. The van der Waals surface area contributed by atoms with Crippen LogP contribution >= 0.6 is 0 Å². The molecule has 2 aromatic carbocycles. The molecule has 0 fully saturated rings. The highest BCUT2D eigenvalue weighted by atomic mass is 19.1. The minimum atomic E-state index is -0.417. The highest BCUT2D eigenvalue weighted by molar-refractivity contribution is 5.93. The topological polar surface area (TPSA) is 33.5 Å². The summed E-state index contributed by atoms with van der Waals surface area (Å²) in [6.07, 6.45) is 0. The van der Waals surface area contributed by atoms with Crippen molar-refractivity contribution >= 4 is 11.6 Å². The zero-order valence-corrected chi connectivity index (χ0v) is 13.2. The molecule has 1 unspecified atom stereocenters. The lowest BCUT2D eigenvalue weighted by Gasteiger charge is -2.22. The standard InChI is InChI=1S/C18H21FN2O/c1-13-8-4-5-9-15(13)12-21(3)14(2)18(22)20-17-11-7-6-10-16(17)19/h4-11,14H,12H2,1-3H3,(H,20,22)/p+1/t14-/m1/s1. The fraction of sp³-hybridized carbons (Fsp3) is 0.278. The van der Waals surface area contributed by atoms with E-state index in [4.69, 9.17) is 0 Å². The van der Waals surface area contributed by atoms with Crippen LogP contribution in [0.1, 0.15) is 18.1 Å². The van der Waals surface area contributed by atoms with Gasteiger partial charge in [0.25, 0.3) is 5.91 Å². The third-order valence-electron chi connectivity index (χ3n) is 3.99. The maximum atomic E-state index is 13.6. The molecule has 0 spiro atoms. The summed E-state index contributed by atoms with van der Waals surface area (Å²) >= 11 is 0. The zero-order valence-electron chi connectivity index (χ0n) is 13.2. The predicted octanol–water partition coefficient (Wildman–Crippen LogP) is 2.18. The summed E-state index contributed by atoms with van der Waals surface area (Å²) in [6.45, 7) is 4.66. The van der Waals surface area contributed by atoms with Crippen LogP contribution in [0.3, 0.4) is 0 Å². The second kappa shape index (κ2) is 7.18. The van der Waals surface area contributed by atoms with E-state index in [0.717, 1.165) is 11.4 Å². The quantitative estimate of drug-likeness (QED) is 0.872. The summed E-state index contributed by atoms with van der Waals surface area (Å²) in [5, 5.41) is 2.66. The van der Waals surface area contributed by atoms with E-state index in [1.54, 1.807) is 18.2 Å². The lowest BCUT2D eigenvalue weighted by atomic mass is 10.1. The van der Waals surface area contributed by atoms with Gasteiger partial charge in [0.15, 0.2) is 6.04 Å². The molecule has 116 valence electrons. The van der Waals surface area contributed by atoms with Gasteiger partial charge in [-0.3, -0.25) is 4.79 Å². The molecular formula is C18H22FN2O+. The molecule has 2 N–H and O–H groups in total. The van der Waals surface area contributed by atoms with Crippen molar-refractivity contribution in [1.29, 1.82) is 0 Å². The SMILES string of the molecule is Cc1ccccc1C[NH+](C)[C@H](C)C(=O)Nc1ccccc1F. The van der Waals surface area contributed by atoms with Crippen LogP contribution in [-0.4, -0.2) is 19.0 Å². The third kappa shape index (κ3) is 3.92. The van der Waals surface area contributed by atoms with E-state index in [9.17, 15) is 9.18 Å².